The summed E-state index contributed by atoms with van der Waals surface area (Å²) in [5, 5.41) is 0. The highest BCUT2D eigenvalue weighted by atomic mass is 32.3. The molecule has 0 fully saturated rings. The molecule has 0 aliphatic heterocycles. The first kappa shape index (κ1) is 14.2. The van der Waals surface area contributed by atoms with Crippen molar-refractivity contribution in [2.45, 2.75) is 12.8 Å². The summed E-state index contributed by atoms with van der Waals surface area (Å²) in [4.78, 5) is 0. The lowest BCUT2D eigenvalue weighted by molar-refractivity contribution is 0.288. The molecule has 17 heavy (non-hydrogen) atoms. The summed E-state index contributed by atoms with van der Waals surface area (Å²) in [5.74, 6) is 2.98. The standard InChI is InChI=1S/C14H24O2S/c1-15-13-9-5-6-10-14(13)16-11-7-8-12-17(2,3)4/h5-6,9-10H,7-8,11-12H2,1-4H3. The summed E-state index contributed by atoms with van der Waals surface area (Å²) in [7, 11) is 1.31. The van der Waals surface area contributed by atoms with E-state index in [1.165, 1.54) is 12.2 Å². The summed E-state index contributed by atoms with van der Waals surface area (Å²) in [6.45, 7) is 0.774. The number of unbranched alkanes of at least 4 members (excludes halogenated alkanes) is 1. The van der Waals surface area contributed by atoms with Crippen molar-refractivity contribution in [1.29, 1.82) is 0 Å². The van der Waals surface area contributed by atoms with E-state index in [0.29, 0.717) is 0 Å². The highest BCUT2D eigenvalue weighted by Crippen LogP contribution is 2.35. The first-order chi connectivity index (χ1) is 8.03. The molecule has 0 N–H and O–H groups in total. The largest absolute Gasteiger partial charge is 0.493 e. The Hall–Kier alpha value is -0.830. The molecule has 2 nitrogen and oxygen atoms in total. The molecule has 0 radical (unpaired) electrons. The van der Waals surface area contributed by atoms with Crippen LogP contribution in [0, 0.1) is 0 Å². The summed E-state index contributed by atoms with van der Waals surface area (Å²) in [5.41, 5.74) is 0. The van der Waals surface area contributed by atoms with Crippen LogP contribution in [-0.2, 0) is 0 Å². The maximum atomic E-state index is 5.73. The van der Waals surface area contributed by atoms with E-state index in [1.807, 2.05) is 24.3 Å². The Labute approximate surface area is 107 Å². The van der Waals surface area contributed by atoms with E-state index in [0.717, 1.165) is 24.5 Å². The smallest absolute Gasteiger partial charge is 0.161 e. The topological polar surface area (TPSA) is 18.5 Å². The molecule has 3 heteroatoms. The molecule has 0 unspecified atom stereocenters. The van der Waals surface area contributed by atoms with Crippen molar-refractivity contribution in [3.8, 4) is 11.5 Å². The molecule has 0 atom stereocenters. The second kappa shape index (κ2) is 6.80. The van der Waals surface area contributed by atoms with Gasteiger partial charge in [0.2, 0.25) is 0 Å². The lowest BCUT2D eigenvalue weighted by Gasteiger charge is -2.24. The number of hydrogen-bond acceptors (Lipinski definition) is 2. The molecule has 0 aliphatic rings. The number of methoxy groups -OCH3 is 1. The molecule has 1 rings (SSSR count). The van der Waals surface area contributed by atoms with E-state index in [9.17, 15) is 0 Å². The maximum absolute atomic E-state index is 5.73. The number of ether oxygens (including phenoxy) is 2. The maximum Gasteiger partial charge on any atom is 0.161 e. The van der Waals surface area contributed by atoms with Gasteiger partial charge in [-0.15, -0.1) is 0 Å². The highest BCUT2D eigenvalue weighted by Gasteiger charge is 2.04. The highest BCUT2D eigenvalue weighted by molar-refractivity contribution is 8.32. The first-order valence-corrected chi connectivity index (χ1v) is 8.97. The van der Waals surface area contributed by atoms with Crippen LogP contribution in [0.3, 0.4) is 0 Å². The van der Waals surface area contributed by atoms with Crippen LogP contribution < -0.4 is 9.47 Å². The zero-order valence-electron chi connectivity index (χ0n) is 11.4. The first-order valence-electron chi connectivity index (χ1n) is 5.95. The Morgan fingerprint density at radius 3 is 2.24 bits per heavy atom. The summed E-state index contributed by atoms with van der Waals surface area (Å²) < 4.78 is 11.0. The van der Waals surface area contributed by atoms with Crippen molar-refractivity contribution >= 4 is 10.0 Å². The Balaban J connectivity index is 2.27. The van der Waals surface area contributed by atoms with E-state index >= 15 is 0 Å². The Bertz CT molecular complexity index is 331. The molecule has 0 aromatic heterocycles. The number of rotatable bonds is 7. The lowest BCUT2D eigenvalue weighted by atomic mass is 10.3. The Kier molecular flexibility index (Phi) is 5.69. The summed E-state index contributed by atoms with van der Waals surface area (Å²) in [6, 6.07) is 7.80. The minimum atomic E-state index is -0.362. The quantitative estimate of drug-likeness (QED) is 0.695. The van der Waals surface area contributed by atoms with Crippen molar-refractivity contribution in [3.05, 3.63) is 24.3 Å². The zero-order chi connectivity index (χ0) is 12.7. The van der Waals surface area contributed by atoms with Gasteiger partial charge in [-0.1, -0.05) is 12.1 Å². The number of benzene rings is 1. The van der Waals surface area contributed by atoms with Gasteiger partial charge in [0.15, 0.2) is 11.5 Å². The van der Waals surface area contributed by atoms with Gasteiger partial charge in [0.25, 0.3) is 0 Å². The van der Waals surface area contributed by atoms with Crippen molar-refractivity contribution in [2.24, 2.45) is 0 Å². The van der Waals surface area contributed by atoms with Gasteiger partial charge in [0.05, 0.1) is 13.7 Å². The van der Waals surface area contributed by atoms with Gasteiger partial charge in [0, 0.05) is 0 Å². The van der Waals surface area contributed by atoms with Crippen LogP contribution in [0.1, 0.15) is 12.8 Å². The van der Waals surface area contributed by atoms with Gasteiger partial charge >= 0.3 is 0 Å². The van der Waals surface area contributed by atoms with E-state index in [2.05, 4.69) is 18.8 Å². The van der Waals surface area contributed by atoms with Gasteiger partial charge in [-0.3, -0.25) is 0 Å². The lowest BCUT2D eigenvalue weighted by Crippen LogP contribution is -2.03. The van der Waals surface area contributed by atoms with Gasteiger partial charge in [-0.2, -0.15) is 0 Å². The molecule has 0 aliphatic carbocycles. The van der Waals surface area contributed by atoms with E-state index in [-0.39, 0.29) is 10.0 Å². The Morgan fingerprint density at radius 1 is 1.00 bits per heavy atom. The van der Waals surface area contributed by atoms with Crippen molar-refractivity contribution in [2.75, 3.05) is 38.2 Å². The Morgan fingerprint density at radius 2 is 1.65 bits per heavy atom. The number of para-hydroxylation sites is 2. The fraction of sp³-hybridized carbons (Fsp3) is 0.571. The predicted molar refractivity (Wildman–Crippen MR) is 78.0 cm³/mol. The van der Waals surface area contributed by atoms with Crippen LogP contribution in [0.15, 0.2) is 24.3 Å². The molecular weight excluding hydrogens is 232 g/mol. The fourth-order valence-corrected chi connectivity index (χ4v) is 2.63. The van der Waals surface area contributed by atoms with E-state index in [1.54, 1.807) is 7.11 Å². The van der Waals surface area contributed by atoms with Gasteiger partial charge in [-0.25, -0.2) is 10.0 Å². The third-order valence-corrected chi connectivity index (χ3v) is 3.99. The van der Waals surface area contributed by atoms with Crippen molar-refractivity contribution in [1.82, 2.24) is 0 Å². The van der Waals surface area contributed by atoms with Crippen LogP contribution in [-0.4, -0.2) is 38.2 Å². The molecule has 0 amide bonds. The molecule has 0 saturated carbocycles. The monoisotopic (exact) mass is 256 g/mol. The van der Waals surface area contributed by atoms with Crippen molar-refractivity contribution in [3.63, 3.8) is 0 Å². The van der Waals surface area contributed by atoms with E-state index < -0.39 is 0 Å². The number of hydrogen-bond donors (Lipinski definition) is 0. The van der Waals surface area contributed by atoms with Crippen LogP contribution in [0.4, 0.5) is 0 Å². The normalized spacial score (nSPS) is 12.2. The van der Waals surface area contributed by atoms with Gasteiger partial charge in [0.1, 0.15) is 0 Å². The average Bonchev–Trinajstić information content (AvgIpc) is 2.27. The second-order valence-electron chi connectivity index (χ2n) is 5.00. The van der Waals surface area contributed by atoms with Gasteiger partial charge in [-0.05, 0) is 49.5 Å². The van der Waals surface area contributed by atoms with Crippen LogP contribution in [0.25, 0.3) is 0 Å². The minimum Gasteiger partial charge on any atom is -0.493 e. The summed E-state index contributed by atoms with van der Waals surface area (Å²) in [6.07, 6.45) is 9.42. The van der Waals surface area contributed by atoms with Gasteiger partial charge < -0.3 is 9.47 Å². The second-order valence-corrected chi connectivity index (χ2v) is 9.59. The third-order valence-electron chi connectivity index (χ3n) is 2.48. The molecular formula is C14H24O2S. The molecule has 0 bridgehead atoms. The molecule has 1 aromatic carbocycles. The minimum absolute atomic E-state index is 0.362. The molecule has 98 valence electrons. The molecule has 1 aromatic rings. The fourth-order valence-electron chi connectivity index (χ4n) is 1.56. The van der Waals surface area contributed by atoms with Crippen LogP contribution >= 0.6 is 10.0 Å². The third kappa shape index (κ3) is 5.87. The average molecular weight is 256 g/mol. The molecule has 0 heterocycles. The van der Waals surface area contributed by atoms with Crippen molar-refractivity contribution < 1.29 is 9.47 Å². The van der Waals surface area contributed by atoms with Crippen LogP contribution in [0.2, 0.25) is 0 Å². The molecule has 0 saturated heterocycles. The van der Waals surface area contributed by atoms with E-state index in [4.69, 9.17) is 9.47 Å². The summed E-state index contributed by atoms with van der Waals surface area (Å²) >= 11 is 0. The van der Waals surface area contributed by atoms with Crippen LogP contribution in [0.5, 0.6) is 11.5 Å². The molecule has 0 spiro atoms. The predicted octanol–water partition coefficient (Wildman–Crippen LogP) is 3.55. The SMILES string of the molecule is COc1ccccc1OCCCCS(C)(C)C. The zero-order valence-corrected chi connectivity index (χ0v) is 12.2.